The monoisotopic (exact) mass is 260 g/mol. The first-order valence-corrected chi connectivity index (χ1v) is 6.99. The number of hydrogen-bond acceptors (Lipinski definition) is 4. The minimum absolute atomic E-state index is 0.434. The van der Waals surface area contributed by atoms with Gasteiger partial charge in [-0.25, -0.2) is 0 Å². The summed E-state index contributed by atoms with van der Waals surface area (Å²) in [6.07, 6.45) is 10.1. The SMILES string of the molecule is CCC=COC(CCCCCCCC)C(O)(O)O. The fourth-order valence-electron chi connectivity index (χ4n) is 1.71. The van der Waals surface area contributed by atoms with Crippen LogP contribution in [0.3, 0.4) is 0 Å². The quantitative estimate of drug-likeness (QED) is 0.303. The summed E-state index contributed by atoms with van der Waals surface area (Å²) >= 11 is 0. The minimum Gasteiger partial charge on any atom is -0.490 e. The number of ether oxygens (including phenoxy) is 1. The third-order valence-corrected chi connectivity index (χ3v) is 2.83. The Labute approximate surface area is 110 Å². The topological polar surface area (TPSA) is 69.9 Å². The van der Waals surface area contributed by atoms with Gasteiger partial charge in [-0.1, -0.05) is 52.0 Å². The van der Waals surface area contributed by atoms with Gasteiger partial charge in [-0.15, -0.1) is 0 Å². The van der Waals surface area contributed by atoms with E-state index in [4.69, 9.17) is 20.1 Å². The zero-order valence-corrected chi connectivity index (χ0v) is 11.6. The van der Waals surface area contributed by atoms with Crippen molar-refractivity contribution in [1.82, 2.24) is 0 Å². The van der Waals surface area contributed by atoms with Gasteiger partial charge < -0.3 is 20.1 Å². The summed E-state index contributed by atoms with van der Waals surface area (Å²) < 4.78 is 5.14. The molecule has 4 heteroatoms. The maximum absolute atomic E-state index is 9.17. The predicted octanol–water partition coefficient (Wildman–Crippen LogP) is 2.68. The molecule has 0 radical (unpaired) electrons. The van der Waals surface area contributed by atoms with Crippen molar-refractivity contribution < 1.29 is 20.1 Å². The van der Waals surface area contributed by atoms with Gasteiger partial charge in [0.15, 0.2) is 6.10 Å². The molecule has 18 heavy (non-hydrogen) atoms. The molecule has 0 aromatic heterocycles. The lowest BCUT2D eigenvalue weighted by Crippen LogP contribution is -2.42. The predicted molar refractivity (Wildman–Crippen MR) is 71.7 cm³/mol. The summed E-state index contributed by atoms with van der Waals surface area (Å²) in [4.78, 5) is 0. The second-order valence-corrected chi connectivity index (χ2v) is 4.65. The first-order chi connectivity index (χ1) is 8.52. The molecule has 4 nitrogen and oxygen atoms in total. The second kappa shape index (κ2) is 10.4. The summed E-state index contributed by atoms with van der Waals surface area (Å²) in [6, 6.07) is 0. The van der Waals surface area contributed by atoms with E-state index in [0.717, 1.165) is 25.7 Å². The van der Waals surface area contributed by atoms with E-state index in [0.29, 0.717) is 6.42 Å². The highest BCUT2D eigenvalue weighted by molar-refractivity contribution is 4.75. The lowest BCUT2D eigenvalue weighted by molar-refractivity contribution is -0.355. The molecule has 0 aliphatic rings. The Hall–Kier alpha value is -0.580. The van der Waals surface area contributed by atoms with E-state index in [9.17, 15) is 0 Å². The van der Waals surface area contributed by atoms with Crippen LogP contribution in [0.25, 0.3) is 0 Å². The standard InChI is InChI=1S/C14H28O4/c1-3-5-7-8-9-10-11-13(14(15,16)17)18-12-6-4-2/h6,12-13,15-17H,3-5,7-11H2,1-2H3. The molecule has 0 spiro atoms. The van der Waals surface area contributed by atoms with Crippen molar-refractivity contribution in [2.75, 3.05) is 0 Å². The normalized spacial score (nSPS) is 14.1. The summed E-state index contributed by atoms with van der Waals surface area (Å²) in [5.41, 5.74) is 0. The minimum atomic E-state index is -2.76. The summed E-state index contributed by atoms with van der Waals surface area (Å²) in [5, 5.41) is 27.5. The average molecular weight is 260 g/mol. The van der Waals surface area contributed by atoms with E-state index >= 15 is 0 Å². The highest BCUT2D eigenvalue weighted by Crippen LogP contribution is 2.17. The third-order valence-electron chi connectivity index (χ3n) is 2.83. The summed E-state index contributed by atoms with van der Waals surface area (Å²) in [7, 11) is 0. The number of aliphatic hydroxyl groups is 3. The Kier molecular flexibility index (Phi) is 10.0. The van der Waals surface area contributed by atoms with Crippen LogP contribution in [0.4, 0.5) is 0 Å². The Bertz CT molecular complexity index is 208. The summed E-state index contributed by atoms with van der Waals surface area (Å²) in [6.45, 7) is 4.12. The lowest BCUT2D eigenvalue weighted by atomic mass is 10.1. The van der Waals surface area contributed by atoms with Crippen LogP contribution in [0, 0.1) is 0 Å². The van der Waals surface area contributed by atoms with E-state index in [-0.39, 0.29) is 0 Å². The van der Waals surface area contributed by atoms with Crippen molar-refractivity contribution in [3.63, 3.8) is 0 Å². The van der Waals surface area contributed by atoms with E-state index in [1.54, 1.807) is 6.08 Å². The first-order valence-electron chi connectivity index (χ1n) is 6.99. The highest BCUT2D eigenvalue weighted by atomic mass is 16.7. The number of unbranched alkanes of at least 4 members (excludes halogenated alkanes) is 5. The molecule has 3 N–H and O–H groups in total. The van der Waals surface area contributed by atoms with Crippen LogP contribution in [0.15, 0.2) is 12.3 Å². The van der Waals surface area contributed by atoms with Gasteiger partial charge in [-0.2, -0.15) is 0 Å². The molecule has 0 amide bonds. The van der Waals surface area contributed by atoms with E-state index in [1.165, 1.54) is 25.5 Å². The van der Waals surface area contributed by atoms with E-state index in [1.807, 2.05) is 6.92 Å². The average Bonchev–Trinajstić information content (AvgIpc) is 2.30. The molecule has 1 unspecified atom stereocenters. The van der Waals surface area contributed by atoms with Crippen LogP contribution in [0.2, 0.25) is 0 Å². The molecule has 108 valence electrons. The molecule has 0 aliphatic carbocycles. The fourth-order valence-corrected chi connectivity index (χ4v) is 1.71. The molecule has 0 aromatic rings. The van der Waals surface area contributed by atoms with Crippen LogP contribution >= 0.6 is 0 Å². The fraction of sp³-hybridized carbons (Fsp3) is 0.857. The molecule has 1 atom stereocenters. The van der Waals surface area contributed by atoms with Crippen molar-refractivity contribution in [1.29, 1.82) is 0 Å². The van der Waals surface area contributed by atoms with Gasteiger partial charge in [0.2, 0.25) is 0 Å². The molecule has 0 saturated carbocycles. The van der Waals surface area contributed by atoms with Gasteiger partial charge >= 0.3 is 5.97 Å². The number of hydrogen-bond donors (Lipinski definition) is 3. The highest BCUT2D eigenvalue weighted by Gasteiger charge is 2.32. The maximum Gasteiger partial charge on any atom is 0.314 e. The Balaban J connectivity index is 3.84. The smallest absolute Gasteiger partial charge is 0.314 e. The molecule has 0 fully saturated rings. The van der Waals surface area contributed by atoms with Crippen molar-refractivity contribution in [3.05, 3.63) is 12.3 Å². The van der Waals surface area contributed by atoms with Crippen LogP contribution in [-0.2, 0) is 4.74 Å². The molecular formula is C14H28O4. The molecule has 0 rings (SSSR count). The van der Waals surface area contributed by atoms with Gasteiger partial charge in [0.1, 0.15) is 0 Å². The summed E-state index contributed by atoms with van der Waals surface area (Å²) in [5.74, 6) is -2.76. The number of allylic oxidation sites excluding steroid dienone is 1. The molecule has 0 heterocycles. The second-order valence-electron chi connectivity index (χ2n) is 4.65. The van der Waals surface area contributed by atoms with Crippen LogP contribution in [-0.4, -0.2) is 27.4 Å². The molecular weight excluding hydrogens is 232 g/mol. The Morgan fingerprint density at radius 3 is 2.17 bits per heavy atom. The molecule has 0 aliphatic heterocycles. The van der Waals surface area contributed by atoms with Crippen LogP contribution in [0.1, 0.15) is 65.2 Å². The van der Waals surface area contributed by atoms with E-state index < -0.39 is 12.1 Å². The van der Waals surface area contributed by atoms with Gasteiger partial charge in [0.25, 0.3) is 0 Å². The maximum atomic E-state index is 9.17. The van der Waals surface area contributed by atoms with Gasteiger partial charge in [0, 0.05) is 0 Å². The largest absolute Gasteiger partial charge is 0.490 e. The lowest BCUT2D eigenvalue weighted by Gasteiger charge is -2.25. The van der Waals surface area contributed by atoms with Gasteiger partial charge in [0.05, 0.1) is 6.26 Å². The first kappa shape index (κ1) is 17.4. The Morgan fingerprint density at radius 2 is 1.61 bits per heavy atom. The van der Waals surface area contributed by atoms with Crippen LogP contribution in [0.5, 0.6) is 0 Å². The molecule has 0 saturated heterocycles. The van der Waals surface area contributed by atoms with Crippen molar-refractivity contribution in [2.24, 2.45) is 0 Å². The zero-order valence-electron chi connectivity index (χ0n) is 11.6. The molecule has 0 bridgehead atoms. The molecule has 0 aromatic carbocycles. The van der Waals surface area contributed by atoms with E-state index in [2.05, 4.69) is 6.92 Å². The van der Waals surface area contributed by atoms with Gasteiger partial charge in [-0.3, -0.25) is 0 Å². The van der Waals surface area contributed by atoms with Gasteiger partial charge in [-0.05, 0) is 19.3 Å². The Morgan fingerprint density at radius 1 is 1.00 bits per heavy atom. The van der Waals surface area contributed by atoms with Crippen molar-refractivity contribution >= 4 is 0 Å². The number of rotatable bonds is 11. The third kappa shape index (κ3) is 9.45. The van der Waals surface area contributed by atoms with Crippen molar-refractivity contribution in [3.8, 4) is 0 Å². The van der Waals surface area contributed by atoms with Crippen LogP contribution < -0.4 is 0 Å². The van der Waals surface area contributed by atoms with Crippen molar-refractivity contribution in [2.45, 2.75) is 77.3 Å². The zero-order chi connectivity index (χ0) is 13.9.